The Morgan fingerprint density at radius 2 is 1.91 bits per heavy atom. The van der Waals surface area contributed by atoms with Gasteiger partial charge in [-0.05, 0) is 11.0 Å². The van der Waals surface area contributed by atoms with Crippen molar-refractivity contribution in [2.75, 3.05) is 5.32 Å². The van der Waals surface area contributed by atoms with Gasteiger partial charge in [0.05, 0.1) is 11.8 Å². The summed E-state index contributed by atoms with van der Waals surface area (Å²) < 4.78 is 0. The molecule has 0 unspecified atom stereocenters. The van der Waals surface area contributed by atoms with Crippen LogP contribution in [0, 0.1) is 17.3 Å². The zero-order valence-corrected chi connectivity index (χ0v) is 13.6. The van der Waals surface area contributed by atoms with Gasteiger partial charge < -0.3 is 10.4 Å². The lowest BCUT2D eigenvalue weighted by atomic mass is 10.1. The first-order valence-electron chi connectivity index (χ1n) is 7.29. The first kappa shape index (κ1) is 15.6. The predicted octanol–water partition coefficient (Wildman–Crippen LogP) is 2.42. The van der Waals surface area contributed by atoms with Crippen molar-refractivity contribution in [3.05, 3.63) is 40.9 Å². The van der Waals surface area contributed by atoms with Crippen molar-refractivity contribution in [2.45, 2.75) is 20.3 Å². The van der Waals surface area contributed by atoms with Crippen molar-refractivity contribution >= 4 is 28.3 Å². The normalized spacial score (nSPS) is 21.7. The number of carboxylic acids is 1. The van der Waals surface area contributed by atoms with Crippen LogP contribution < -0.4 is 5.32 Å². The minimum absolute atomic E-state index is 0.301. The van der Waals surface area contributed by atoms with Gasteiger partial charge in [0.2, 0.25) is 11.0 Å². The summed E-state index contributed by atoms with van der Waals surface area (Å²) in [7, 11) is 0. The van der Waals surface area contributed by atoms with Crippen molar-refractivity contribution in [1.29, 1.82) is 0 Å². The summed E-state index contributed by atoms with van der Waals surface area (Å²) in [6.07, 6.45) is 0.654. The number of anilines is 1. The van der Waals surface area contributed by atoms with Gasteiger partial charge in [-0.15, -0.1) is 10.2 Å². The van der Waals surface area contributed by atoms with Crippen LogP contribution in [0.2, 0.25) is 0 Å². The number of nitrogens with zero attached hydrogens (tertiary/aromatic N) is 2. The van der Waals surface area contributed by atoms with Crippen LogP contribution >= 0.6 is 11.3 Å². The first-order valence-corrected chi connectivity index (χ1v) is 8.11. The van der Waals surface area contributed by atoms with Gasteiger partial charge in [-0.1, -0.05) is 55.5 Å². The van der Waals surface area contributed by atoms with E-state index in [1.807, 2.05) is 30.3 Å². The van der Waals surface area contributed by atoms with E-state index in [1.165, 1.54) is 11.3 Å². The highest BCUT2D eigenvalue weighted by Gasteiger charge is 2.66. The maximum absolute atomic E-state index is 12.2. The van der Waals surface area contributed by atoms with Gasteiger partial charge in [-0.3, -0.25) is 9.59 Å². The molecule has 0 radical (unpaired) electrons. The zero-order chi connectivity index (χ0) is 16.6. The molecule has 1 aliphatic rings. The Morgan fingerprint density at radius 3 is 2.52 bits per heavy atom. The highest BCUT2D eigenvalue weighted by Crippen LogP contribution is 2.58. The second kappa shape index (κ2) is 5.73. The molecule has 1 amide bonds. The van der Waals surface area contributed by atoms with E-state index >= 15 is 0 Å². The Bertz CT molecular complexity index is 742. The van der Waals surface area contributed by atoms with E-state index in [0.717, 1.165) is 10.6 Å². The molecule has 2 N–H and O–H groups in total. The SMILES string of the molecule is CC1(C)[C@H](C(=O)Nc2nnc(Cc3ccccc3)s2)[C@@H]1C(=O)O. The Morgan fingerprint density at radius 1 is 1.22 bits per heavy atom. The van der Waals surface area contributed by atoms with E-state index in [-0.39, 0.29) is 5.91 Å². The molecular weight excluding hydrogens is 314 g/mol. The molecule has 1 aromatic carbocycles. The molecule has 23 heavy (non-hydrogen) atoms. The minimum atomic E-state index is -0.933. The molecule has 0 aliphatic heterocycles. The number of hydrogen-bond acceptors (Lipinski definition) is 5. The van der Waals surface area contributed by atoms with E-state index in [0.29, 0.717) is 11.6 Å². The van der Waals surface area contributed by atoms with E-state index in [9.17, 15) is 9.59 Å². The van der Waals surface area contributed by atoms with Crippen LogP contribution in [0.1, 0.15) is 24.4 Å². The van der Waals surface area contributed by atoms with Crippen molar-refractivity contribution in [3.63, 3.8) is 0 Å². The van der Waals surface area contributed by atoms with Crippen molar-refractivity contribution in [2.24, 2.45) is 17.3 Å². The van der Waals surface area contributed by atoms with Crippen molar-refractivity contribution in [3.8, 4) is 0 Å². The van der Waals surface area contributed by atoms with Crippen molar-refractivity contribution in [1.82, 2.24) is 10.2 Å². The lowest BCUT2D eigenvalue weighted by Crippen LogP contribution is -2.17. The molecule has 1 heterocycles. The lowest BCUT2D eigenvalue weighted by Gasteiger charge is -2.01. The third kappa shape index (κ3) is 3.10. The second-order valence-electron chi connectivity index (χ2n) is 6.27. The quantitative estimate of drug-likeness (QED) is 0.878. The molecule has 1 saturated carbocycles. The van der Waals surface area contributed by atoms with Crippen LogP contribution in [-0.4, -0.2) is 27.2 Å². The van der Waals surface area contributed by atoms with E-state index in [1.54, 1.807) is 13.8 Å². The van der Waals surface area contributed by atoms with Crippen LogP contribution in [0.5, 0.6) is 0 Å². The highest BCUT2D eigenvalue weighted by molar-refractivity contribution is 7.15. The molecule has 1 aliphatic carbocycles. The van der Waals surface area contributed by atoms with E-state index in [2.05, 4.69) is 15.5 Å². The summed E-state index contributed by atoms with van der Waals surface area (Å²) >= 11 is 1.31. The average molecular weight is 331 g/mol. The van der Waals surface area contributed by atoms with E-state index < -0.39 is 23.2 Å². The summed E-state index contributed by atoms with van der Waals surface area (Å²) in [6, 6.07) is 9.87. The zero-order valence-electron chi connectivity index (χ0n) is 12.8. The Balaban J connectivity index is 1.64. The topological polar surface area (TPSA) is 92.2 Å². The molecule has 120 valence electrons. The molecule has 7 heteroatoms. The van der Waals surface area contributed by atoms with Crippen LogP contribution in [0.25, 0.3) is 0 Å². The first-order chi connectivity index (χ1) is 10.9. The van der Waals surface area contributed by atoms with Gasteiger partial charge in [0.15, 0.2) is 0 Å². The number of rotatable bonds is 5. The summed E-state index contributed by atoms with van der Waals surface area (Å²) in [5, 5.41) is 21.1. The standard InChI is InChI=1S/C16H17N3O3S/c1-16(2)11(12(16)14(21)22)13(20)17-15-19-18-10(23-15)8-9-6-4-3-5-7-9/h3-7,11-12H,8H2,1-2H3,(H,21,22)(H,17,19,20)/t11-,12+/m0/s1. The maximum atomic E-state index is 12.2. The molecule has 2 atom stereocenters. The smallest absolute Gasteiger partial charge is 0.307 e. The Kier molecular flexibility index (Phi) is 3.89. The number of benzene rings is 1. The molecule has 6 nitrogen and oxygen atoms in total. The van der Waals surface area contributed by atoms with Gasteiger partial charge in [0.1, 0.15) is 5.01 Å². The Hall–Kier alpha value is -2.28. The lowest BCUT2D eigenvalue weighted by molar-refractivity contribution is -0.140. The van der Waals surface area contributed by atoms with Gasteiger partial charge in [-0.25, -0.2) is 0 Å². The summed E-state index contributed by atoms with van der Waals surface area (Å²) in [5.74, 6) is -2.40. The fourth-order valence-electron chi connectivity index (χ4n) is 2.92. The Labute approximate surface area is 137 Å². The highest BCUT2D eigenvalue weighted by atomic mass is 32.1. The van der Waals surface area contributed by atoms with Crippen LogP contribution in [0.4, 0.5) is 5.13 Å². The number of nitrogens with one attached hydrogen (secondary N) is 1. The average Bonchev–Trinajstić information content (AvgIpc) is 2.84. The predicted molar refractivity (Wildman–Crippen MR) is 86.2 cm³/mol. The van der Waals surface area contributed by atoms with Gasteiger partial charge in [0, 0.05) is 6.42 Å². The molecule has 1 aromatic heterocycles. The molecule has 1 fully saturated rings. The van der Waals surface area contributed by atoms with Crippen LogP contribution in [0.3, 0.4) is 0 Å². The number of amides is 1. The van der Waals surface area contributed by atoms with Gasteiger partial charge >= 0.3 is 5.97 Å². The van der Waals surface area contributed by atoms with Gasteiger partial charge in [0.25, 0.3) is 0 Å². The number of aromatic nitrogens is 2. The summed E-state index contributed by atoms with van der Waals surface area (Å²) in [6.45, 7) is 3.58. The van der Waals surface area contributed by atoms with Crippen LogP contribution in [0.15, 0.2) is 30.3 Å². The monoisotopic (exact) mass is 331 g/mol. The fourth-order valence-corrected chi connectivity index (χ4v) is 3.69. The largest absolute Gasteiger partial charge is 0.481 e. The molecule has 3 rings (SSSR count). The number of hydrogen-bond donors (Lipinski definition) is 2. The van der Waals surface area contributed by atoms with Crippen molar-refractivity contribution < 1.29 is 14.7 Å². The summed E-state index contributed by atoms with van der Waals surface area (Å²) in [5.41, 5.74) is 0.601. The van der Waals surface area contributed by atoms with Crippen LogP contribution in [-0.2, 0) is 16.0 Å². The third-order valence-electron chi connectivity index (χ3n) is 4.27. The second-order valence-corrected chi connectivity index (χ2v) is 7.33. The number of carboxylic acid groups (broad SMARTS) is 1. The van der Waals surface area contributed by atoms with E-state index in [4.69, 9.17) is 5.11 Å². The number of carbonyl (C=O) groups excluding carboxylic acids is 1. The fraction of sp³-hybridized carbons (Fsp3) is 0.375. The molecule has 0 spiro atoms. The van der Waals surface area contributed by atoms with Gasteiger partial charge in [-0.2, -0.15) is 0 Å². The molecule has 0 saturated heterocycles. The minimum Gasteiger partial charge on any atom is -0.481 e. The number of carbonyl (C=O) groups is 2. The molecule has 2 aromatic rings. The summed E-state index contributed by atoms with van der Waals surface area (Å²) in [4.78, 5) is 23.4. The maximum Gasteiger partial charge on any atom is 0.307 e. The number of aliphatic carboxylic acids is 1. The third-order valence-corrected chi connectivity index (χ3v) is 5.11. The molecule has 0 bridgehead atoms. The molecular formula is C16H17N3O3S.